The smallest absolute Gasteiger partial charge is 0.263 e. The number of benzene rings is 1. The minimum Gasteiger partial charge on any atom is -0.481 e. The normalized spacial score (nSPS) is 15.4. The van der Waals surface area contributed by atoms with Gasteiger partial charge in [0.05, 0.1) is 0 Å². The molecule has 0 saturated heterocycles. The maximum absolute atomic E-state index is 12.9. The molecular formula is C22H28N2O2. The SMILES string of the molecule is CC(Oc1ccc(C(C)(C)C)cc1)C(=O)N(Cc1ccncc1)C1CC1. The second-order valence-electron chi connectivity index (χ2n) is 8.09. The van der Waals surface area contributed by atoms with Crippen LogP contribution in [0, 0.1) is 0 Å². The fraction of sp³-hybridized carbons (Fsp3) is 0.455. The van der Waals surface area contributed by atoms with Crippen molar-refractivity contribution in [3.8, 4) is 5.75 Å². The van der Waals surface area contributed by atoms with Crippen LogP contribution in [-0.2, 0) is 16.8 Å². The third kappa shape index (κ3) is 4.63. The number of pyridine rings is 1. The number of aromatic nitrogens is 1. The van der Waals surface area contributed by atoms with E-state index in [0.29, 0.717) is 12.6 Å². The van der Waals surface area contributed by atoms with Gasteiger partial charge in [-0.2, -0.15) is 0 Å². The van der Waals surface area contributed by atoms with Gasteiger partial charge in [0.25, 0.3) is 5.91 Å². The summed E-state index contributed by atoms with van der Waals surface area (Å²) in [6.07, 6.45) is 5.18. The zero-order valence-corrected chi connectivity index (χ0v) is 16.1. The van der Waals surface area contributed by atoms with Crippen LogP contribution in [0.5, 0.6) is 5.75 Å². The maximum Gasteiger partial charge on any atom is 0.263 e. The Labute approximate surface area is 156 Å². The van der Waals surface area contributed by atoms with Gasteiger partial charge in [-0.1, -0.05) is 32.9 Å². The van der Waals surface area contributed by atoms with Crippen molar-refractivity contribution in [1.29, 1.82) is 0 Å². The molecule has 0 radical (unpaired) electrons. The van der Waals surface area contributed by atoms with Crippen molar-refractivity contribution < 1.29 is 9.53 Å². The average Bonchev–Trinajstić information content (AvgIpc) is 3.44. The van der Waals surface area contributed by atoms with Gasteiger partial charge in [0.15, 0.2) is 6.10 Å². The lowest BCUT2D eigenvalue weighted by molar-refractivity contribution is -0.139. The molecule has 2 aromatic rings. The fourth-order valence-corrected chi connectivity index (χ4v) is 2.98. The largest absolute Gasteiger partial charge is 0.481 e. The van der Waals surface area contributed by atoms with Gasteiger partial charge in [0, 0.05) is 25.0 Å². The van der Waals surface area contributed by atoms with E-state index in [0.717, 1.165) is 24.2 Å². The molecule has 1 aromatic carbocycles. The minimum absolute atomic E-state index is 0.0456. The summed E-state index contributed by atoms with van der Waals surface area (Å²) in [4.78, 5) is 18.9. The van der Waals surface area contributed by atoms with E-state index in [1.807, 2.05) is 36.1 Å². The topological polar surface area (TPSA) is 42.4 Å². The third-order valence-corrected chi connectivity index (χ3v) is 4.75. The van der Waals surface area contributed by atoms with E-state index in [9.17, 15) is 4.79 Å². The molecule has 4 nitrogen and oxygen atoms in total. The Kier molecular flexibility index (Phi) is 5.30. The Balaban J connectivity index is 1.65. The molecule has 1 aliphatic carbocycles. The van der Waals surface area contributed by atoms with Crippen LogP contribution in [0.3, 0.4) is 0 Å². The number of ether oxygens (including phenoxy) is 1. The molecule has 138 valence electrons. The Hall–Kier alpha value is -2.36. The molecule has 1 unspecified atom stereocenters. The average molecular weight is 352 g/mol. The van der Waals surface area contributed by atoms with Crippen molar-refractivity contribution in [2.24, 2.45) is 0 Å². The minimum atomic E-state index is -0.502. The van der Waals surface area contributed by atoms with Crippen molar-refractivity contribution in [3.63, 3.8) is 0 Å². The van der Waals surface area contributed by atoms with Crippen molar-refractivity contribution in [1.82, 2.24) is 9.88 Å². The zero-order valence-electron chi connectivity index (χ0n) is 16.1. The Bertz CT molecular complexity index is 731. The number of rotatable bonds is 6. The highest BCUT2D eigenvalue weighted by molar-refractivity contribution is 5.81. The molecule has 1 saturated carbocycles. The quantitative estimate of drug-likeness (QED) is 0.777. The summed E-state index contributed by atoms with van der Waals surface area (Å²) in [6.45, 7) is 9.00. The van der Waals surface area contributed by atoms with E-state index in [2.05, 4.69) is 37.9 Å². The number of amides is 1. The van der Waals surface area contributed by atoms with Crippen LogP contribution >= 0.6 is 0 Å². The van der Waals surface area contributed by atoms with E-state index in [1.54, 1.807) is 12.4 Å². The molecule has 1 aromatic heterocycles. The third-order valence-electron chi connectivity index (χ3n) is 4.75. The highest BCUT2D eigenvalue weighted by Crippen LogP contribution is 2.30. The first-order valence-electron chi connectivity index (χ1n) is 9.31. The first kappa shape index (κ1) is 18.4. The maximum atomic E-state index is 12.9. The second kappa shape index (κ2) is 7.48. The first-order valence-corrected chi connectivity index (χ1v) is 9.31. The van der Waals surface area contributed by atoms with Crippen LogP contribution in [0.4, 0.5) is 0 Å². The van der Waals surface area contributed by atoms with Crippen molar-refractivity contribution >= 4 is 5.91 Å². The highest BCUT2D eigenvalue weighted by atomic mass is 16.5. The number of carbonyl (C=O) groups excluding carboxylic acids is 1. The van der Waals surface area contributed by atoms with Crippen molar-refractivity contribution in [2.45, 2.75) is 64.6 Å². The van der Waals surface area contributed by atoms with Gasteiger partial charge in [0.1, 0.15) is 5.75 Å². The van der Waals surface area contributed by atoms with Gasteiger partial charge in [-0.3, -0.25) is 9.78 Å². The molecule has 3 rings (SSSR count). The number of nitrogens with zero attached hydrogens (tertiary/aromatic N) is 2. The summed E-state index contributed by atoms with van der Waals surface area (Å²) in [6, 6.07) is 12.3. The molecular weight excluding hydrogens is 324 g/mol. The molecule has 0 spiro atoms. The van der Waals surface area contributed by atoms with Crippen LogP contribution in [0.15, 0.2) is 48.8 Å². The molecule has 4 heteroatoms. The van der Waals surface area contributed by atoms with Gasteiger partial charge in [0.2, 0.25) is 0 Å². The van der Waals surface area contributed by atoms with Gasteiger partial charge < -0.3 is 9.64 Å². The molecule has 1 amide bonds. The van der Waals surface area contributed by atoms with E-state index >= 15 is 0 Å². The number of hydrogen-bond acceptors (Lipinski definition) is 3. The van der Waals surface area contributed by atoms with E-state index in [4.69, 9.17) is 4.74 Å². The summed E-state index contributed by atoms with van der Waals surface area (Å²) >= 11 is 0. The molecule has 1 atom stereocenters. The predicted molar refractivity (Wildman–Crippen MR) is 103 cm³/mol. The van der Waals surface area contributed by atoms with Crippen LogP contribution in [0.2, 0.25) is 0 Å². The Morgan fingerprint density at radius 3 is 2.31 bits per heavy atom. The van der Waals surface area contributed by atoms with Gasteiger partial charge in [-0.25, -0.2) is 0 Å². The number of carbonyl (C=O) groups is 1. The van der Waals surface area contributed by atoms with Gasteiger partial charge in [-0.05, 0) is 60.6 Å². The summed E-state index contributed by atoms with van der Waals surface area (Å²) in [7, 11) is 0. The molecule has 1 heterocycles. The van der Waals surface area contributed by atoms with Crippen LogP contribution in [0.25, 0.3) is 0 Å². The summed E-state index contributed by atoms with van der Waals surface area (Å²) in [5.41, 5.74) is 2.45. The Morgan fingerprint density at radius 1 is 1.15 bits per heavy atom. The lowest BCUT2D eigenvalue weighted by Gasteiger charge is -2.26. The van der Waals surface area contributed by atoms with Crippen molar-refractivity contribution in [3.05, 3.63) is 59.9 Å². The molecule has 0 N–H and O–H groups in total. The summed E-state index contributed by atoms with van der Waals surface area (Å²) in [5.74, 6) is 0.780. The first-order chi connectivity index (χ1) is 12.3. The van der Waals surface area contributed by atoms with Gasteiger partial charge >= 0.3 is 0 Å². The van der Waals surface area contributed by atoms with Gasteiger partial charge in [-0.15, -0.1) is 0 Å². The zero-order chi connectivity index (χ0) is 18.7. The van der Waals surface area contributed by atoms with E-state index in [-0.39, 0.29) is 11.3 Å². The highest BCUT2D eigenvalue weighted by Gasteiger charge is 2.35. The lowest BCUT2D eigenvalue weighted by Crippen LogP contribution is -2.41. The fourth-order valence-electron chi connectivity index (χ4n) is 2.98. The predicted octanol–water partition coefficient (Wildman–Crippen LogP) is 4.34. The summed E-state index contributed by atoms with van der Waals surface area (Å²) < 4.78 is 5.94. The molecule has 1 aliphatic rings. The Morgan fingerprint density at radius 2 is 1.77 bits per heavy atom. The molecule has 0 aliphatic heterocycles. The molecule has 26 heavy (non-hydrogen) atoms. The standard InChI is InChI=1S/C22H28N2O2/c1-16(26-20-9-5-18(6-10-20)22(2,3)4)21(25)24(19-7-8-19)15-17-11-13-23-14-12-17/h5-6,9-14,16,19H,7-8,15H2,1-4H3. The monoisotopic (exact) mass is 352 g/mol. The second-order valence-corrected chi connectivity index (χ2v) is 8.09. The van der Waals surface area contributed by atoms with E-state index in [1.165, 1.54) is 5.56 Å². The number of hydrogen-bond donors (Lipinski definition) is 0. The van der Waals surface area contributed by atoms with Crippen LogP contribution < -0.4 is 4.74 Å². The van der Waals surface area contributed by atoms with Crippen molar-refractivity contribution in [2.75, 3.05) is 0 Å². The lowest BCUT2D eigenvalue weighted by atomic mass is 9.87. The van der Waals surface area contributed by atoms with Crippen LogP contribution in [-0.4, -0.2) is 27.9 Å². The molecule has 1 fully saturated rings. The van der Waals surface area contributed by atoms with Crippen LogP contribution in [0.1, 0.15) is 51.7 Å². The van der Waals surface area contributed by atoms with E-state index < -0.39 is 6.10 Å². The summed E-state index contributed by atoms with van der Waals surface area (Å²) in [5, 5.41) is 0. The molecule has 0 bridgehead atoms.